The van der Waals surface area contributed by atoms with Crippen molar-refractivity contribution in [2.75, 3.05) is 12.0 Å². The third kappa shape index (κ3) is 2.36. The Morgan fingerprint density at radius 1 is 1.23 bits per heavy atom. The van der Waals surface area contributed by atoms with Gasteiger partial charge in [0, 0.05) is 11.8 Å². The van der Waals surface area contributed by atoms with Gasteiger partial charge in [0.2, 0.25) is 5.16 Å². The summed E-state index contributed by atoms with van der Waals surface area (Å²) in [6.07, 6.45) is 1.50. The van der Waals surface area contributed by atoms with Gasteiger partial charge < -0.3 is 11.5 Å². The molecule has 0 radical (unpaired) electrons. The number of primary amides is 1. The Morgan fingerprint density at radius 2 is 1.91 bits per heavy atom. The van der Waals surface area contributed by atoms with E-state index in [0.29, 0.717) is 15.9 Å². The first-order chi connectivity index (χ1) is 10.5. The van der Waals surface area contributed by atoms with Crippen LogP contribution in [0.1, 0.15) is 9.67 Å². The van der Waals surface area contributed by atoms with Crippen LogP contribution in [-0.2, 0) is 10.8 Å². The zero-order valence-electron chi connectivity index (χ0n) is 11.6. The normalized spacial score (nSPS) is 12.4. The molecule has 112 valence electrons. The number of anilines is 1. The highest BCUT2D eigenvalue weighted by atomic mass is 32.2. The molecule has 3 aromatic rings. The fourth-order valence-corrected chi connectivity index (χ4v) is 3.56. The van der Waals surface area contributed by atoms with Crippen molar-refractivity contribution in [3.63, 3.8) is 0 Å². The lowest BCUT2D eigenvalue weighted by Gasteiger charge is -2.05. The number of benzene rings is 1. The summed E-state index contributed by atoms with van der Waals surface area (Å²) in [6, 6.07) is 9.34. The van der Waals surface area contributed by atoms with Crippen LogP contribution in [0.3, 0.4) is 0 Å². The number of carbonyl (C=O) groups excluding carboxylic acids is 1. The van der Waals surface area contributed by atoms with E-state index in [1.807, 2.05) is 30.3 Å². The van der Waals surface area contributed by atoms with E-state index in [4.69, 9.17) is 11.5 Å². The summed E-state index contributed by atoms with van der Waals surface area (Å²) >= 11 is 1.09. The third-order valence-electron chi connectivity index (χ3n) is 3.10. The second kappa shape index (κ2) is 5.47. The molecular weight excluding hydrogens is 320 g/mol. The molecule has 0 aliphatic rings. The van der Waals surface area contributed by atoms with Gasteiger partial charge in [-0.3, -0.25) is 9.00 Å². The molecule has 0 bridgehead atoms. The van der Waals surface area contributed by atoms with Crippen molar-refractivity contribution in [1.29, 1.82) is 0 Å². The van der Waals surface area contributed by atoms with E-state index in [9.17, 15) is 9.00 Å². The molecule has 22 heavy (non-hydrogen) atoms. The molecule has 6 nitrogen and oxygen atoms in total. The molecule has 3 rings (SSSR count). The summed E-state index contributed by atoms with van der Waals surface area (Å²) in [4.78, 5) is 20.9. The standard InChI is InChI=1S/C14H12N4O2S2/c1-22(20)14-17-10(7-5-3-2-4-6-7)8-9(15)11(12(16)19)21-13(8)18-14/h2-6H,15H2,1H3,(H2,16,19). The number of thiophene rings is 1. The Kier molecular flexibility index (Phi) is 3.63. The Labute approximate surface area is 132 Å². The molecule has 0 fully saturated rings. The first kappa shape index (κ1) is 14.6. The Balaban J connectivity index is 2.42. The molecular formula is C14H12N4O2S2. The number of nitrogens with two attached hydrogens (primary N) is 2. The Hall–Kier alpha value is -2.32. The summed E-state index contributed by atoms with van der Waals surface area (Å²) in [7, 11) is -1.35. The van der Waals surface area contributed by atoms with Crippen molar-refractivity contribution in [2.24, 2.45) is 5.73 Å². The second-order valence-electron chi connectivity index (χ2n) is 4.56. The largest absolute Gasteiger partial charge is 0.397 e. The lowest BCUT2D eigenvalue weighted by molar-refractivity contribution is 0.100. The maximum absolute atomic E-state index is 11.8. The number of amides is 1. The number of nitrogen functional groups attached to an aromatic ring is 1. The first-order valence-electron chi connectivity index (χ1n) is 6.27. The van der Waals surface area contributed by atoms with Crippen molar-refractivity contribution in [1.82, 2.24) is 9.97 Å². The maximum Gasteiger partial charge on any atom is 0.260 e. The van der Waals surface area contributed by atoms with Gasteiger partial charge in [0.05, 0.1) is 27.6 Å². The van der Waals surface area contributed by atoms with Crippen LogP contribution in [-0.4, -0.2) is 26.3 Å². The van der Waals surface area contributed by atoms with Crippen molar-refractivity contribution in [2.45, 2.75) is 5.16 Å². The SMILES string of the molecule is CS(=O)c1nc(-c2ccccc2)c2c(N)c(C(N)=O)sc2n1. The van der Waals surface area contributed by atoms with Crippen LogP contribution in [0.25, 0.3) is 21.5 Å². The van der Waals surface area contributed by atoms with E-state index in [0.717, 1.165) is 16.9 Å². The number of aromatic nitrogens is 2. The van der Waals surface area contributed by atoms with Crippen LogP contribution in [0, 0.1) is 0 Å². The van der Waals surface area contributed by atoms with Crippen molar-refractivity contribution in [3.05, 3.63) is 35.2 Å². The average molecular weight is 332 g/mol. The molecule has 0 saturated heterocycles. The molecule has 2 heterocycles. The van der Waals surface area contributed by atoms with Crippen LogP contribution in [0.2, 0.25) is 0 Å². The highest BCUT2D eigenvalue weighted by Crippen LogP contribution is 2.38. The number of rotatable bonds is 3. The maximum atomic E-state index is 11.8. The lowest BCUT2D eigenvalue weighted by Crippen LogP contribution is -2.10. The minimum Gasteiger partial charge on any atom is -0.397 e. The van der Waals surface area contributed by atoms with Gasteiger partial charge >= 0.3 is 0 Å². The van der Waals surface area contributed by atoms with E-state index in [1.165, 1.54) is 6.26 Å². The highest BCUT2D eigenvalue weighted by Gasteiger charge is 2.21. The van der Waals surface area contributed by atoms with Gasteiger partial charge in [0.25, 0.3) is 5.91 Å². The second-order valence-corrected chi connectivity index (χ2v) is 6.84. The van der Waals surface area contributed by atoms with E-state index in [-0.39, 0.29) is 15.7 Å². The average Bonchev–Trinajstić information content (AvgIpc) is 2.84. The van der Waals surface area contributed by atoms with Crippen molar-refractivity contribution >= 4 is 43.9 Å². The van der Waals surface area contributed by atoms with Crippen LogP contribution >= 0.6 is 11.3 Å². The Morgan fingerprint density at radius 3 is 2.50 bits per heavy atom. The quantitative estimate of drug-likeness (QED) is 0.710. The molecule has 0 spiro atoms. The molecule has 0 aliphatic heterocycles. The zero-order valence-corrected chi connectivity index (χ0v) is 13.2. The van der Waals surface area contributed by atoms with E-state index >= 15 is 0 Å². The van der Waals surface area contributed by atoms with Gasteiger partial charge in [-0.25, -0.2) is 9.97 Å². The van der Waals surface area contributed by atoms with E-state index in [2.05, 4.69) is 9.97 Å². The molecule has 4 N–H and O–H groups in total. The Bertz CT molecular complexity index is 906. The highest BCUT2D eigenvalue weighted by molar-refractivity contribution is 7.84. The monoisotopic (exact) mass is 332 g/mol. The summed E-state index contributed by atoms with van der Waals surface area (Å²) < 4.78 is 11.8. The zero-order chi connectivity index (χ0) is 15.9. The number of carbonyl (C=O) groups is 1. The first-order valence-corrected chi connectivity index (χ1v) is 8.65. The number of nitrogens with zero attached hydrogens (tertiary/aromatic N) is 2. The van der Waals surface area contributed by atoms with Crippen LogP contribution < -0.4 is 11.5 Å². The molecule has 1 aromatic carbocycles. The molecule has 0 saturated carbocycles. The number of fused-ring (bicyclic) bond motifs is 1. The minimum absolute atomic E-state index is 0.198. The van der Waals surface area contributed by atoms with Gasteiger partial charge in [0.15, 0.2) is 0 Å². The van der Waals surface area contributed by atoms with Gasteiger partial charge in [-0.2, -0.15) is 0 Å². The van der Waals surface area contributed by atoms with Gasteiger partial charge in [-0.15, -0.1) is 11.3 Å². The fraction of sp³-hybridized carbons (Fsp3) is 0.0714. The van der Waals surface area contributed by atoms with Gasteiger partial charge in [-0.05, 0) is 0 Å². The topological polar surface area (TPSA) is 112 Å². The lowest BCUT2D eigenvalue weighted by atomic mass is 10.1. The van der Waals surface area contributed by atoms with Gasteiger partial charge in [0.1, 0.15) is 9.71 Å². The number of hydrogen-bond acceptors (Lipinski definition) is 6. The third-order valence-corrected chi connectivity index (χ3v) is 4.91. The van der Waals surface area contributed by atoms with Crippen LogP contribution in [0.4, 0.5) is 5.69 Å². The summed E-state index contributed by atoms with van der Waals surface area (Å²) in [5.41, 5.74) is 13.0. The smallest absolute Gasteiger partial charge is 0.260 e. The minimum atomic E-state index is -1.35. The molecule has 0 aliphatic carbocycles. The fourth-order valence-electron chi connectivity index (χ4n) is 2.12. The molecule has 1 amide bonds. The van der Waals surface area contributed by atoms with Crippen LogP contribution in [0.5, 0.6) is 0 Å². The van der Waals surface area contributed by atoms with Crippen molar-refractivity contribution in [3.8, 4) is 11.3 Å². The summed E-state index contributed by atoms with van der Waals surface area (Å²) in [5, 5.41) is 0.767. The van der Waals surface area contributed by atoms with Crippen LogP contribution in [0.15, 0.2) is 35.5 Å². The molecule has 8 heteroatoms. The summed E-state index contributed by atoms with van der Waals surface area (Å²) in [5.74, 6) is -0.612. The predicted octanol–water partition coefficient (Wildman–Crippen LogP) is 1.78. The van der Waals surface area contributed by atoms with E-state index in [1.54, 1.807) is 0 Å². The summed E-state index contributed by atoms with van der Waals surface area (Å²) in [6.45, 7) is 0. The molecule has 1 unspecified atom stereocenters. The number of hydrogen-bond donors (Lipinski definition) is 2. The molecule has 1 atom stereocenters. The molecule has 2 aromatic heterocycles. The van der Waals surface area contributed by atoms with Gasteiger partial charge in [-0.1, -0.05) is 30.3 Å². The predicted molar refractivity (Wildman–Crippen MR) is 88.1 cm³/mol. The van der Waals surface area contributed by atoms with E-state index < -0.39 is 16.7 Å². The van der Waals surface area contributed by atoms with Crippen molar-refractivity contribution < 1.29 is 9.00 Å².